The predicted molar refractivity (Wildman–Crippen MR) is 118 cm³/mol. The van der Waals surface area contributed by atoms with E-state index in [0.717, 1.165) is 33.3 Å². The van der Waals surface area contributed by atoms with Gasteiger partial charge in [0.15, 0.2) is 0 Å². The minimum absolute atomic E-state index is 0.204. The zero-order chi connectivity index (χ0) is 21.3. The molecule has 5 N–H and O–H groups in total. The maximum Gasteiger partial charge on any atom is 0.213 e. The molecule has 0 aliphatic heterocycles. The van der Waals surface area contributed by atoms with E-state index in [4.69, 9.17) is 10.9 Å². The number of hydrogen-bond donors (Lipinski definition) is 3. The molecule has 0 atom stereocenters. The second kappa shape index (κ2) is 7.69. The van der Waals surface area contributed by atoms with Crippen LogP contribution in [-0.2, 0) is 15.8 Å². The summed E-state index contributed by atoms with van der Waals surface area (Å²) in [6.07, 6.45) is 5.19. The highest BCUT2D eigenvalue weighted by Crippen LogP contribution is 2.29. The Balaban J connectivity index is 1.65. The van der Waals surface area contributed by atoms with E-state index in [-0.39, 0.29) is 5.75 Å². The van der Waals surface area contributed by atoms with Crippen molar-refractivity contribution in [2.24, 2.45) is 5.14 Å². The predicted octanol–water partition coefficient (Wildman–Crippen LogP) is 3.11. The highest BCUT2D eigenvalue weighted by Gasteiger charge is 2.10. The number of benzene rings is 1. The summed E-state index contributed by atoms with van der Waals surface area (Å²) >= 11 is 0. The fourth-order valence-corrected chi connectivity index (χ4v) is 3.83. The lowest BCUT2D eigenvalue weighted by Gasteiger charge is -2.11. The van der Waals surface area contributed by atoms with Crippen molar-refractivity contribution in [2.45, 2.75) is 12.7 Å². The molecule has 3 heterocycles. The molecule has 1 aromatic carbocycles. The summed E-state index contributed by atoms with van der Waals surface area (Å²) in [4.78, 5) is 13.1. The molecule has 0 fully saturated rings. The average molecular weight is 420 g/mol. The summed E-state index contributed by atoms with van der Waals surface area (Å²) in [6, 6.07) is 12.7. The van der Waals surface area contributed by atoms with Gasteiger partial charge in [-0.15, -0.1) is 0 Å². The van der Waals surface area contributed by atoms with Crippen LogP contribution in [0.1, 0.15) is 11.1 Å². The summed E-state index contributed by atoms with van der Waals surface area (Å²) < 4.78 is 22.4. The fourth-order valence-electron chi connectivity index (χ4n) is 3.18. The van der Waals surface area contributed by atoms with E-state index in [9.17, 15) is 8.42 Å². The van der Waals surface area contributed by atoms with Crippen molar-refractivity contribution < 1.29 is 8.42 Å². The highest BCUT2D eigenvalue weighted by molar-refractivity contribution is 7.88. The first-order valence-corrected chi connectivity index (χ1v) is 10.8. The van der Waals surface area contributed by atoms with Crippen LogP contribution in [0.3, 0.4) is 0 Å². The van der Waals surface area contributed by atoms with Crippen molar-refractivity contribution in [3.63, 3.8) is 0 Å². The highest BCUT2D eigenvalue weighted by atomic mass is 32.2. The van der Waals surface area contributed by atoms with E-state index in [1.165, 1.54) is 0 Å². The zero-order valence-electron chi connectivity index (χ0n) is 16.2. The summed E-state index contributed by atoms with van der Waals surface area (Å²) in [6.45, 7) is 2.00. The van der Waals surface area contributed by atoms with Crippen LogP contribution in [0.4, 0.5) is 17.3 Å². The van der Waals surface area contributed by atoms with E-state index >= 15 is 0 Å². The van der Waals surface area contributed by atoms with Crippen molar-refractivity contribution >= 4 is 38.1 Å². The van der Waals surface area contributed by atoms with Crippen LogP contribution in [-0.4, -0.2) is 23.4 Å². The second-order valence-electron chi connectivity index (χ2n) is 7.00. The van der Waals surface area contributed by atoms with Crippen LogP contribution in [0.2, 0.25) is 0 Å². The zero-order valence-corrected chi connectivity index (χ0v) is 17.0. The number of hydrogen-bond acceptors (Lipinski definition) is 7. The maximum atomic E-state index is 11.2. The third kappa shape index (κ3) is 4.37. The molecule has 0 saturated heterocycles. The van der Waals surface area contributed by atoms with Gasteiger partial charge in [-0.05, 0) is 53.8 Å². The molecular weight excluding hydrogens is 400 g/mol. The first-order chi connectivity index (χ1) is 14.3. The molecule has 0 aliphatic rings. The molecule has 3 aromatic heterocycles. The van der Waals surface area contributed by atoms with Gasteiger partial charge in [-0.1, -0.05) is 12.1 Å². The third-order valence-corrected chi connectivity index (χ3v) is 5.39. The van der Waals surface area contributed by atoms with Crippen molar-refractivity contribution in [1.29, 1.82) is 0 Å². The molecule has 0 unspecified atom stereocenters. The number of nitrogen functional groups attached to an aromatic ring is 1. The minimum atomic E-state index is -3.56. The SMILES string of the molecule is Cc1ccncc1-c1cc2cc(Nc3ccc(CS(N)(=O)=O)cc3)ncc2c(N)n1. The number of nitrogens with two attached hydrogens (primary N) is 2. The number of fused-ring (bicyclic) bond motifs is 1. The molecule has 0 spiro atoms. The van der Waals surface area contributed by atoms with Gasteiger partial charge in [-0.2, -0.15) is 0 Å². The van der Waals surface area contributed by atoms with Gasteiger partial charge < -0.3 is 11.1 Å². The second-order valence-corrected chi connectivity index (χ2v) is 8.62. The van der Waals surface area contributed by atoms with Gasteiger partial charge in [0.1, 0.15) is 11.6 Å². The topological polar surface area (TPSA) is 137 Å². The van der Waals surface area contributed by atoms with E-state index in [2.05, 4.69) is 20.3 Å². The lowest BCUT2D eigenvalue weighted by Crippen LogP contribution is -2.14. The lowest BCUT2D eigenvalue weighted by atomic mass is 10.1. The number of nitrogens with zero attached hydrogens (tertiary/aromatic N) is 3. The standard InChI is InChI=1S/C21H20N6O2S/c1-13-6-7-24-10-17(13)19-8-15-9-20(25-11-18(15)21(22)27-19)26-16-4-2-14(3-5-16)12-30(23,28)29/h2-11H,12H2,1H3,(H2,22,27)(H,25,26)(H2,23,28,29). The average Bonchev–Trinajstić information content (AvgIpc) is 2.68. The number of anilines is 3. The van der Waals surface area contributed by atoms with Crippen LogP contribution >= 0.6 is 0 Å². The Kier molecular flexibility index (Phi) is 5.06. The molecule has 0 radical (unpaired) electrons. The molecule has 0 amide bonds. The van der Waals surface area contributed by atoms with Crippen LogP contribution in [0.15, 0.2) is 61.1 Å². The Morgan fingerprint density at radius 1 is 1.07 bits per heavy atom. The number of sulfonamides is 1. The number of pyridine rings is 3. The third-order valence-electron chi connectivity index (χ3n) is 4.65. The largest absolute Gasteiger partial charge is 0.383 e. The Morgan fingerprint density at radius 3 is 2.53 bits per heavy atom. The Labute approximate surface area is 174 Å². The minimum Gasteiger partial charge on any atom is -0.383 e. The van der Waals surface area contributed by atoms with Gasteiger partial charge in [0, 0.05) is 35.2 Å². The summed E-state index contributed by atoms with van der Waals surface area (Å²) in [5.74, 6) is 0.822. The maximum absolute atomic E-state index is 11.2. The van der Waals surface area contributed by atoms with E-state index < -0.39 is 10.0 Å². The molecule has 4 aromatic rings. The summed E-state index contributed by atoms with van der Waals surface area (Å²) in [5.41, 5.74) is 10.3. The smallest absolute Gasteiger partial charge is 0.213 e. The van der Waals surface area contributed by atoms with Gasteiger partial charge in [0.05, 0.1) is 11.4 Å². The quantitative estimate of drug-likeness (QED) is 0.451. The first kappa shape index (κ1) is 19.7. The fraction of sp³-hybridized carbons (Fsp3) is 0.0952. The molecule has 9 heteroatoms. The number of primary sulfonamides is 1. The van der Waals surface area contributed by atoms with Crippen LogP contribution in [0.5, 0.6) is 0 Å². The monoisotopic (exact) mass is 420 g/mol. The van der Waals surface area contributed by atoms with Crippen LogP contribution in [0.25, 0.3) is 22.0 Å². The Hall–Kier alpha value is -3.56. The van der Waals surface area contributed by atoms with E-state index in [1.807, 2.05) is 25.1 Å². The Bertz CT molecular complexity index is 1340. The van der Waals surface area contributed by atoms with Gasteiger partial charge in [0.25, 0.3) is 0 Å². The molecule has 8 nitrogen and oxygen atoms in total. The number of nitrogens with one attached hydrogen (secondary N) is 1. The van der Waals surface area contributed by atoms with Crippen molar-refractivity contribution in [2.75, 3.05) is 11.1 Å². The van der Waals surface area contributed by atoms with Crippen LogP contribution < -0.4 is 16.2 Å². The molecule has 152 valence electrons. The normalized spacial score (nSPS) is 11.5. The molecular formula is C21H20N6O2S. The summed E-state index contributed by atoms with van der Waals surface area (Å²) in [7, 11) is -3.56. The van der Waals surface area contributed by atoms with E-state index in [0.29, 0.717) is 17.2 Å². The number of aryl methyl sites for hydroxylation is 1. The van der Waals surface area contributed by atoms with Crippen molar-refractivity contribution in [3.05, 3.63) is 72.2 Å². The Morgan fingerprint density at radius 2 is 1.83 bits per heavy atom. The van der Waals surface area contributed by atoms with Gasteiger partial charge in [-0.3, -0.25) is 4.98 Å². The summed E-state index contributed by atoms with van der Waals surface area (Å²) in [5, 5.41) is 9.95. The molecule has 0 aliphatic carbocycles. The van der Waals surface area contributed by atoms with Crippen LogP contribution in [0, 0.1) is 6.92 Å². The number of aromatic nitrogens is 3. The van der Waals surface area contributed by atoms with Crippen molar-refractivity contribution in [1.82, 2.24) is 15.0 Å². The van der Waals surface area contributed by atoms with Gasteiger partial charge in [-0.25, -0.2) is 23.5 Å². The number of rotatable bonds is 5. The molecule has 0 bridgehead atoms. The molecule has 4 rings (SSSR count). The van der Waals surface area contributed by atoms with Gasteiger partial charge in [0.2, 0.25) is 10.0 Å². The first-order valence-electron chi connectivity index (χ1n) is 9.12. The van der Waals surface area contributed by atoms with Crippen molar-refractivity contribution in [3.8, 4) is 11.3 Å². The lowest BCUT2D eigenvalue weighted by molar-refractivity contribution is 0.597. The molecule has 0 saturated carbocycles. The van der Waals surface area contributed by atoms with E-state index in [1.54, 1.807) is 42.9 Å². The molecule has 30 heavy (non-hydrogen) atoms. The van der Waals surface area contributed by atoms with Gasteiger partial charge >= 0.3 is 0 Å².